The molecule has 4 nitrogen and oxygen atoms in total. The summed E-state index contributed by atoms with van der Waals surface area (Å²) in [6.45, 7) is 2.45. The summed E-state index contributed by atoms with van der Waals surface area (Å²) in [5.41, 5.74) is 0.713. The van der Waals surface area contributed by atoms with Crippen LogP contribution in [-0.4, -0.2) is 29.2 Å². The topological polar surface area (TPSA) is 47.0 Å². The first kappa shape index (κ1) is 13.6. The summed E-state index contributed by atoms with van der Waals surface area (Å²) in [5.74, 6) is 0. The SMILES string of the molecule is Cl.Clc1nccnc1CO[C@H]1CCCNC1. The van der Waals surface area contributed by atoms with Crippen LogP contribution >= 0.6 is 24.0 Å². The summed E-state index contributed by atoms with van der Waals surface area (Å²) in [6, 6.07) is 0. The van der Waals surface area contributed by atoms with E-state index in [0.29, 0.717) is 17.5 Å². The smallest absolute Gasteiger partial charge is 0.152 e. The molecule has 0 saturated carbocycles. The molecule has 1 aromatic heterocycles. The molecule has 16 heavy (non-hydrogen) atoms. The van der Waals surface area contributed by atoms with Gasteiger partial charge in [0.05, 0.1) is 12.7 Å². The highest BCUT2D eigenvalue weighted by Crippen LogP contribution is 2.13. The highest BCUT2D eigenvalue weighted by Gasteiger charge is 2.14. The van der Waals surface area contributed by atoms with Gasteiger partial charge in [0.15, 0.2) is 5.15 Å². The van der Waals surface area contributed by atoms with E-state index in [2.05, 4.69) is 15.3 Å². The molecule has 1 atom stereocenters. The van der Waals surface area contributed by atoms with Gasteiger partial charge in [0, 0.05) is 18.9 Å². The average molecular weight is 264 g/mol. The Hall–Kier alpha value is -0.420. The minimum absolute atomic E-state index is 0. The standard InChI is InChI=1S/C10H14ClN3O.ClH/c11-10-9(13-4-5-14-10)7-15-8-2-1-3-12-6-8;/h4-5,8,12H,1-3,6-7H2;1H/t8-;/m0./s1. The molecule has 0 aromatic carbocycles. The lowest BCUT2D eigenvalue weighted by Crippen LogP contribution is -2.35. The molecule has 90 valence electrons. The van der Waals surface area contributed by atoms with Gasteiger partial charge in [-0.3, -0.25) is 4.98 Å². The van der Waals surface area contributed by atoms with Crippen molar-refractivity contribution in [1.82, 2.24) is 15.3 Å². The van der Waals surface area contributed by atoms with E-state index in [4.69, 9.17) is 16.3 Å². The van der Waals surface area contributed by atoms with Crippen molar-refractivity contribution in [2.75, 3.05) is 13.1 Å². The number of piperidine rings is 1. The van der Waals surface area contributed by atoms with Crippen molar-refractivity contribution in [2.45, 2.75) is 25.6 Å². The molecule has 0 bridgehead atoms. The second-order valence-electron chi connectivity index (χ2n) is 3.57. The van der Waals surface area contributed by atoms with Gasteiger partial charge in [0.2, 0.25) is 0 Å². The lowest BCUT2D eigenvalue weighted by Gasteiger charge is -2.22. The quantitative estimate of drug-likeness (QED) is 0.904. The third-order valence-corrected chi connectivity index (χ3v) is 2.75. The number of nitrogens with zero attached hydrogens (tertiary/aromatic N) is 2. The number of hydrogen-bond donors (Lipinski definition) is 1. The normalized spacial score (nSPS) is 20.2. The Labute approximate surface area is 106 Å². The predicted molar refractivity (Wildman–Crippen MR) is 65.0 cm³/mol. The van der Waals surface area contributed by atoms with E-state index >= 15 is 0 Å². The van der Waals surface area contributed by atoms with Crippen LogP contribution in [0.3, 0.4) is 0 Å². The van der Waals surface area contributed by atoms with E-state index in [1.54, 1.807) is 12.4 Å². The summed E-state index contributed by atoms with van der Waals surface area (Å²) in [6.07, 6.45) is 5.75. The van der Waals surface area contributed by atoms with Crippen molar-refractivity contribution in [3.8, 4) is 0 Å². The maximum absolute atomic E-state index is 5.87. The molecule has 6 heteroatoms. The van der Waals surface area contributed by atoms with Gasteiger partial charge in [-0.05, 0) is 19.4 Å². The molecule has 1 fully saturated rings. The van der Waals surface area contributed by atoms with Gasteiger partial charge in [0.25, 0.3) is 0 Å². The number of hydrogen-bond acceptors (Lipinski definition) is 4. The van der Waals surface area contributed by atoms with Crippen molar-refractivity contribution in [1.29, 1.82) is 0 Å². The zero-order valence-corrected chi connectivity index (χ0v) is 10.4. The summed E-state index contributed by atoms with van der Waals surface area (Å²) in [5, 5.41) is 3.72. The Morgan fingerprint density at radius 2 is 2.25 bits per heavy atom. The first-order valence-electron chi connectivity index (χ1n) is 5.14. The van der Waals surface area contributed by atoms with E-state index in [0.717, 1.165) is 19.5 Å². The minimum Gasteiger partial charge on any atom is -0.370 e. The Balaban J connectivity index is 0.00000128. The number of aromatic nitrogens is 2. The molecule has 0 unspecified atom stereocenters. The summed E-state index contributed by atoms with van der Waals surface area (Å²) >= 11 is 5.87. The fourth-order valence-corrected chi connectivity index (χ4v) is 1.77. The third kappa shape index (κ3) is 3.87. The predicted octanol–water partition coefficient (Wildman–Crippen LogP) is 1.82. The minimum atomic E-state index is 0. The average Bonchev–Trinajstić information content (AvgIpc) is 2.29. The molecule has 0 aliphatic carbocycles. The third-order valence-electron chi connectivity index (χ3n) is 2.43. The van der Waals surface area contributed by atoms with Gasteiger partial charge in [-0.1, -0.05) is 11.6 Å². The first-order chi connectivity index (χ1) is 7.36. The van der Waals surface area contributed by atoms with E-state index in [1.807, 2.05) is 0 Å². The fraction of sp³-hybridized carbons (Fsp3) is 0.600. The molecular weight excluding hydrogens is 249 g/mol. The van der Waals surface area contributed by atoms with Crippen LogP contribution < -0.4 is 5.32 Å². The second-order valence-corrected chi connectivity index (χ2v) is 3.93. The lowest BCUT2D eigenvalue weighted by atomic mass is 10.1. The highest BCUT2D eigenvalue weighted by molar-refractivity contribution is 6.29. The lowest BCUT2D eigenvalue weighted by molar-refractivity contribution is 0.0235. The van der Waals surface area contributed by atoms with Gasteiger partial charge in [-0.25, -0.2) is 4.98 Å². The zero-order chi connectivity index (χ0) is 10.5. The van der Waals surface area contributed by atoms with Gasteiger partial charge < -0.3 is 10.1 Å². The second kappa shape index (κ2) is 7.01. The number of ether oxygens (including phenoxy) is 1. The van der Waals surface area contributed by atoms with Crippen molar-refractivity contribution >= 4 is 24.0 Å². The molecular formula is C10H15Cl2N3O. The van der Waals surface area contributed by atoms with Crippen LogP contribution in [0, 0.1) is 0 Å². The molecule has 1 N–H and O–H groups in total. The fourth-order valence-electron chi connectivity index (χ4n) is 1.61. The van der Waals surface area contributed by atoms with Crippen LogP contribution in [-0.2, 0) is 11.3 Å². The number of rotatable bonds is 3. The molecule has 2 rings (SSSR count). The van der Waals surface area contributed by atoms with Gasteiger partial charge in [-0.15, -0.1) is 12.4 Å². The van der Waals surface area contributed by atoms with E-state index in [-0.39, 0.29) is 18.5 Å². The zero-order valence-electron chi connectivity index (χ0n) is 8.86. The molecule has 1 aliphatic rings. The molecule has 0 spiro atoms. The largest absolute Gasteiger partial charge is 0.370 e. The van der Waals surface area contributed by atoms with Crippen LogP contribution in [0.2, 0.25) is 5.15 Å². The van der Waals surface area contributed by atoms with Gasteiger partial charge in [-0.2, -0.15) is 0 Å². The summed E-state index contributed by atoms with van der Waals surface area (Å²) in [4.78, 5) is 8.07. The Bertz CT molecular complexity index is 319. The summed E-state index contributed by atoms with van der Waals surface area (Å²) < 4.78 is 5.70. The van der Waals surface area contributed by atoms with Gasteiger partial charge >= 0.3 is 0 Å². The number of nitrogens with one attached hydrogen (secondary N) is 1. The Morgan fingerprint density at radius 1 is 1.44 bits per heavy atom. The molecule has 1 saturated heterocycles. The van der Waals surface area contributed by atoms with Crippen molar-refractivity contribution < 1.29 is 4.74 Å². The van der Waals surface area contributed by atoms with Gasteiger partial charge in [0.1, 0.15) is 5.69 Å². The summed E-state index contributed by atoms with van der Waals surface area (Å²) in [7, 11) is 0. The van der Waals surface area contributed by atoms with Crippen LogP contribution in [0.15, 0.2) is 12.4 Å². The van der Waals surface area contributed by atoms with E-state index < -0.39 is 0 Å². The monoisotopic (exact) mass is 263 g/mol. The van der Waals surface area contributed by atoms with Crippen molar-refractivity contribution in [3.05, 3.63) is 23.2 Å². The van der Waals surface area contributed by atoms with E-state index in [1.165, 1.54) is 6.42 Å². The van der Waals surface area contributed by atoms with Crippen LogP contribution in [0.25, 0.3) is 0 Å². The Kier molecular flexibility index (Phi) is 5.98. The van der Waals surface area contributed by atoms with Crippen LogP contribution in [0.5, 0.6) is 0 Å². The highest BCUT2D eigenvalue weighted by atomic mass is 35.5. The van der Waals surface area contributed by atoms with Crippen molar-refractivity contribution in [2.24, 2.45) is 0 Å². The molecule has 1 aliphatic heterocycles. The van der Waals surface area contributed by atoms with Crippen LogP contribution in [0.1, 0.15) is 18.5 Å². The maximum atomic E-state index is 5.87. The molecule has 1 aromatic rings. The Morgan fingerprint density at radius 3 is 2.94 bits per heavy atom. The maximum Gasteiger partial charge on any atom is 0.152 e. The molecule has 2 heterocycles. The molecule has 0 radical (unpaired) electrons. The van der Waals surface area contributed by atoms with E-state index in [9.17, 15) is 0 Å². The number of halogens is 2. The van der Waals surface area contributed by atoms with Crippen LogP contribution in [0.4, 0.5) is 0 Å². The van der Waals surface area contributed by atoms with Crippen molar-refractivity contribution in [3.63, 3.8) is 0 Å². The first-order valence-corrected chi connectivity index (χ1v) is 5.52. The molecule has 0 amide bonds.